The molecule has 0 amide bonds. The highest BCUT2D eigenvalue weighted by Gasteiger charge is 2.08. The van der Waals surface area contributed by atoms with Crippen molar-refractivity contribution in [1.82, 2.24) is 0 Å². The van der Waals surface area contributed by atoms with Crippen LogP contribution in [0, 0.1) is 0 Å². The highest BCUT2D eigenvalue weighted by molar-refractivity contribution is 9.10. The molecular weight excluding hydrogens is 280 g/mol. The molecule has 0 aliphatic carbocycles. The molecule has 1 aromatic carbocycles. The van der Waals surface area contributed by atoms with Gasteiger partial charge < -0.3 is 15.4 Å². The van der Waals surface area contributed by atoms with E-state index < -0.39 is 0 Å². The summed E-state index contributed by atoms with van der Waals surface area (Å²) < 4.78 is 6.49. The average Bonchev–Trinajstić information content (AvgIpc) is 2.35. The van der Waals surface area contributed by atoms with Gasteiger partial charge >= 0.3 is 0 Å². The van der Waals surface area contributed by atoms with Crippen molar-refractivity contribution in [3.8, 4) is 0 Å². The quantitative estimate of drug-likeness (QED) is 0.787. The van der Waals surface area contributed by atoms with Gasteiger partial charge in [-0.15, -0.1) is 0 Å². The third kappa shape index (κ3) is 4.30. The lowest BCUT2D eigenvalue weighted by molar-refractivity contribution is 0.154. The standard InChI is InChI=1S/C13H21BrN2O/c1-3-16(7-8-17-4-2)13-6-5-11(10-15)9-12(13)14/h5-6,9H,3-4,7-8,10,15H2,1-2H3. The number of hydrogen-bond acceptors (Lipinski definition) is 3. The van der Waals surface area contributed by atoms with E-state index in [-0.39, 0.29) is 0 Å². The van der Waals surface area contributed by atoms with E-state index in [2.05, 4.69) is 46.0 Å². The van der Waals surface area contributed by atoms with Gasteiger partial charge in [0.2, 0.25) is 0 Å². The molecule has 0 spiro atoms. The maximum absolute atomic E-state index is 5.62. The van der Waals surface area contributed by atoms with Gasteiger partial charge in [0.05, 0.1) is 12.3 Å². The zero-order chi connectivity index (χ0) is 12.7. The monoisotopic (exact) mass is 300 g/mol. The van der Waals surface area contributed by atoms with Crippen molar-refractivity contribution in [1.29, 1.82) is 0 Å². The van der Waals surface area contributed by atoms with Gasteiger partial charge in [0.1, 0.15) is 0 Å². The van der Waals surface area contributed by atoms with Crippen molar-refractivity contribution in [3.05, 3.63) is 28.2 Å². The van der Waals surface area contributed by atoms with E-state index in [0.29, 0.717) is 6.54 Å². The number of hydrogen-bond donors (Lipinski definition) is 1. The van der Waals surface area contributed by atoms with Gasteiger partial charge in [0.15, 0.2) is 0 Å². The molecule has 0 aliphatic heterocycles. The van der Waals surface area contributed by atoms with Crippen molar-refractivity contribution < 1.29 is 4.74 Å². The van der Waals surface area contributed by atoms with Crippen LogP contribution in [0.15, 0.2) is 22.7 Å². The zero-order valence-electron chi connectivity index (χ0n) is 10.6. The van der Waals surface area contributed by atoms with Crippen LogP contribution in [0.2, 0.25) is 0 Å². The Morgan fingerprint density at radius 1 is 1.35 bits per heavy atom. The fourth-order valence-electron chi connectivity index (χ4n) is 1.70. The number of likely N-dealkylation sites (N-methyl/N-ethyl adjacent to an activating group) is 1. The lowest BCUT2D eigenvalue weighted by atomic mass is 10.2. The normalized spacial score (nSPS) is 10.6. The van der Waals surface area contributed by atoms with Crippen LogP contribution >= 0.6 is 15.9 Å². The molecule has 0 radical (unpaired) electrons. The molecular formula is C13H21BrN2O. The Hall–Kier alpha value is -0.580. The molecule has 0 unspecified atom stereocenters. The molecule has 2 N–H and O–H groups in total. The van der Waals surface area contributed by atoms with Crippen molar-refractivity contribution >= 4 is 21.6 Å². The minimum absolute atomic E-state index is 0.573. The van der Waals surface area contributed by atoms with Crippen LogP contribution < -0.4 is 10.6 Å². The van der Waals surface area contributed by atoms with Crippen molar-refractivity contribution in [2.45, 2.75) is 20.4 Å². The number of rotatable bonds is 7. The highest BCUT2D eigenvalue weighted by atomic mass is 79.9. The molecule has 0 saturated carbocycles. The first-order valence-electron chi connectivity index (χ1n) is 6.04. The largest absolute Gasteiger partial charge is 0.380 e. The van der Waals surface area contributed by atoms with E-state index in [1.54, 1.807) is 0 Å². The number of anilines is 1. The Balaban J connectivity index is 2.73. The van der Waals surface area contributed by atoms with Crippen molar-refractivity contribution in [2.24, 2.45) is 5.73 Å². The van der Waals surface area contributed by atoms with Crippen LogP contribution in [0.5, 0.6) is 0 Å². The molecule has 1 aromatic rings. The Labute approximate surface area is 112 Å². The molecule has 0 saturated heterocycles. The maximum Gasteiger partial charge on any atom is 0.0641 e. The molecule has 0 atom stereocenters. The first kappa shape index (κ1) is 14.5. The lowest BCUT2D eigenvalue weighted by Crippen LogP contribution is -2.27. The first-order chi connectivity index (χ1) is 8.22. The molecule has 17 heavy (non-hydrogen) atoms. The Kier molecular flexibility index (Phi) is 6.55. The minimum Gasteiger partial charge on any atom is -0.380 e. The second kappa shape index (κ2) is 7.69. The lowest BCUT2D eigenvalue weighted by Gasteiger charge is -2.24. The van der Waals surface area contributed by atoms with Crippen LogP contribution in [-0.4, -0.2) is 26.3 Å². The van der Waals surface area contributed by atoms with Crippen molar-refractivity contribution in [2.75, 3.05) is 31.2 Å². The van der Waals surface area contributed by atoms with Crippen molar-refractivity contribution in [3.63, 3.8) is 0 Å². The predicted molar refractivity (Wildman–Crippen MR) is 76.4 cm³/mol. The third-order valence-electron chi connectivity index (χ3n) is 2.68. The van der Waals surface area contributed by atoms with Gasteiger partial charge in [-0.1, -0.05) is 6.07 Å². The van der Waals surface area contributed by atoms with E-state index in [1.807, 2.05) is 6.92 Å². The van der Waals surface area contributed by atoms with E-state index in [0.717, 1.165) is 36.3 Å². The summed E-state index contributed by atoms with van der Waals surface area (Å²) in [6, 6.07) is 6.27. The molecule has 0 aliphatic rings. The summed E-state index contributed by atoms with van der Waals surface area (Å²) in [5.41, 5.74) is 7.96. The SMILES string of the molecule is CCOCCN(CC)c1ccc(CN)cc1Br. The summed E-state index contributed by atoms with van der Waals surface area (Å²) in [4.78, 5) is 2.29. The van der Waals surface area contributed by atoms with Gasteiger partial charge in [-0.25, -0.2) is 0 Å². The smallest absolute Gasteiger partial charge is 0.0641 e. The summed E-state index contributed by atoms with van der Waals surface area (Å²) in [6.45, 7) is 8.14. The van der Waals surface area contributed by atoms with E-state index in [1.165, 1.54) is 5.69 Å². The Morgan fingerprint density at radius 2 is 2.12 bits per heavy atom. The molecule has 4 heteroatoms. The van der Waals surface area contributed by atoms with Crippen LogP contribution in [-0.2, 0) is 11.3 Å². The Bertz CT molecular complexity index is 344. The number of nitrogens with two attached hydrogens (primary N) is 1. The van der Waals surface area contributed by atoms with Crippen LogP contribution in [0.4, 0.5) is 5.69 Å². The number of benzene rings is 1. The topological polar surface area (TPSA) is 38.5 Å². The van der Waals surface area contributed by atoms with Crippen LogP contribution in [0.25, 0.3) is 0 Å². The number of nitrogens with zero attached hydrogens (tertiary/aromatic N) is 1. The summed E-state index contributed by atoms with van der Waals surface area (Å²) in [6.07, 6.45) is 0. The summed E-state index contributed by atoms with van der Waals surface area (Å²) in [5.74, 6) is 0. The molecule has 3 nitrogen and oxygen atoms in total. The second-order valence-electron chi connectivity index (χ2n) is 3.77. The molecule has 1 rings (SSSR count). The van der Waals surface area contributed by atoms with E-state index in [4.69, 9.17) is 10.5 Å². The van der Waals surface area contributed by atoms with Crippen LogP contribution in [0.1, 0.15) is 19.4 Å². The second-order valence-corrected chi connectivity index (χ2v) is 4.62. The molecule has 0 heterocycles. The van der Waals surface area contributed by atoms with E-state index >= 15 is 0 Å². The minimum atomic E-state index is 0.573. The zero-order valence-corrected chi connectivity index (χ0v) is 12.2. The third-order valence-corrected chi connectivity index (χ3v) is 3.32. The van der Waals surface area contributed by atoms with Crippen LogP contribution in [0.3, 0.4) is 0 Å². The fraction of sp³-hybridized carbons (Fsp3) is 0.538. The van der Waals surface area contributed by atoms with Gasteiger partial charge in [0, 0.05) is 30.7 Å². The fourth-order valence-corrected chi connectivity index (χ4v) is 2.38. The summed E-state index contributed by atoms with van der Waals surface area (Å²) in [5, 5.41) is 0. The maximum atomic E-state index is 5.62. The highest BCUT2D eigenvalue weighted by Crippen LogP contribution is 2.27. The first-order valence-corrected chi connectivity index (χ1v) is 6.83. The Morgan fingerprint density at radius 3 is 2.65 bits per heavy atom. The van der Waals surface area contributed by atoms with Gasteiger partial charge in [-0.3, -0.25) is 0 Å². The summed E-state index contributed by atoms with van der Waals surface area (Å²) >= 11 is 3.60. The summed E-state index contributed by atoms with van der Waals surface area (Å²) in [7, 11) is 0. The number of ether oxygens (including phenoxy) is 1. The van der Waals surface area contributed by atoms with E-state index in [9.17, 15) is 0 Å². The van der Waals surface area contributed by atoms with Gasteiger partial charge in [-0.2, -0.15) is 0 Å². The molecule has 96 valence electrons. The van der Waals surface area contributed by atoms with Gasteiger partial charge in [0.25, 0.3) is 0 Å². The molecule has 0 aromatic heterocycles. The molecule has 0 fully saturated rings. The number of halogens is 1. The van der Waals surface area contributed by atoms with Gasteiger partial charge in [-0.05, 0) is 47.5 Å². The predicted octanol–water partition coefficient (Wildman–Crippen LogP) is 2.77. The average molecular weight is 301 g/mol. The molecule has 0 bridgehead atoms.